The van der Waals surface area contributed by atoms with Crippen LogP contribution in [0.4, 0.5) is 0 Å². The van der Waals surface area contributed by atoms with Crippen molar-refractivity contribution in [2.24, 2.45) is 7.05 Å². The summed E-state index contributed by atoms with van der Waals surface area (Å²) in [5.41, 5.74) is 2.32. The van der Waals surface area contributed by atoms with Crippen molar-refractivity contribution in [2.45, 2.75) is 12.5 Å². The van der Waals surface area contributed by atoms with Gasteiger partial charge in [0.05, 0.1) is 25.0 Å². The van der Waals surface area contributed by atoms with E-state index < -0.39 is 0 Å². The Kier molecular flexibility index (Phi) is 4.21. The Balaban J connectivity index is 2.18. The quantitative estimate of drug-likeness (QED) is 0.773. The van der Waals surface area contributed by atoms with Gasteiger partial charge in [0.1, 0.15) is 0 Å². The van der Waals surface area contributed by atoms with Gasteiger partial charge in [0.25, 0.3) is 0 Å². The normalized spacial score (nSPS) is 18.8. The Morgan fingerprint density at radius 2 is 2.32 bits per heavy atom. The molecule has 0 radical (unpaired) electrons. The SMILES string of the molecule is COC[C@H]1CN(C(=O)CN(C)C)Cc2cnn(C)c21. The van der Waals surface area contributed by atoms with Gasteiger partial charge in [-0.3, -0.25) is 9.48 Å². The van der Waals surface area contributed by atoms with Crippen molar-refractivity contribution in [1.82, 2.24) is 19.6 Å². The second-order valence-corrected chi connectivity index (χ2v) is 5.34. The van der Waals surface area contributed by atoms with Crippen molar-refractivity contribution in [3.05, 3.63) is 17.5 Å². The Labute approximate surface area is 113 Å². The summed E-state index contributed by atoms with van der Waals surface area (Å²) in [6.45, 7) is 2.40. The molecule has 2 rings (SSSR count). The second kappa shape index (κ2) is 5.71. The van der Waals surface area contributed by atoms with Crippen LogP contribution in [-0.2, 0) is 23.1 Å². The van der Waals surface area contributed by atoms with E-state index in [1.807, 2.05) is 41.8 Å². The molecule has 1 aromatic heterocycles. The van der Waals surface area contributed by atoms with Gasteiger partial charge >= 0.3 is 0 Å². The van der Waals surface area contributed by atoms with Gasteiger partial charge in [0.2, 0.25) is 5.91 Å². The predicted octanol–water partition coefficient (Wildman–Crippen LogP) is 0.0539. The molecule has 1 aliphatic rings. The number of fused-ring (bicyclic) bond motifs is 1. The summed E-state index contributed by atoms with van der Waals surface area (Å²) in [6, 6.07) is 0. The molecule has 1 aromatic rings. The standard InChI is InChI=1S/C13H22N4O2/c1-15(2)8-12(18)17-6-10-5-14-16(3)13(10)11(7-17)9-19-4/h5,11H,6-9H2,1-4H3/t11-/m1/s1. The molecule has 0 fully saturated rings. The van der Waals surface area contributed by atoms with Gasteiger partial charge in [0, 0.05) is 38.7 Å². The average Bonchev–Trinajstić information content (AvgIpc) is 2.71. The molecule has 0 aromatic carbocycles. The van der Waals surface area contributed by atoms with Crippen LogP contribution >= 0.6 is 0 Å². The summed E-state index contributed by atoms with van der Waals surface area (Å²) in [7, 11) is 7.45. The first-order valence-corrected chi connectivity index (χ1v) is 6.45. The molecule has 0 saturated heterocycles. The third-order valence-corrected chi connectivity index (χ3v) is 3.43. The van der Waals surface area contributed by atoms with Crippen LogP contribution in [0.1, 0.15) is 17.2 Å². The fourth-order valence-electron chi connectivity index (χ4n) is 2.66. The van der Waals surface area contributed by atoms with E-state index in [4.69, 9.17) is 4.74 Å². The van der Waals surface area contributed by atoms with Gasteiger partial charge in [-0.1, -0.05) is 0 Å². The van der Waals surface area contributed by atoms with Crippen molar-refractivity contribution < 1.29 is 9.53 Å². The van der Waals surface area contributed by atoms with Crippen molar-refractivity contribution in [2.75, 3.05) is 40.9 Å². The largest absolute Gasteiger partial charge is 0.384 e. The molecule has 0 saturated carbocycles. The average molecular weight is 266 g/mol. The van der Waals surface area contributed by atoms with E-state index in [1.165, 1.54) is 5.69 Å². The van der Waals surface area contributed by atoms with Gasteiger partial charge in [-0.05, 0) is 14.1 Å². The lowest BCUT2D eigenvalue weighted by molar-refractivity contribution is -0.133. The van der Waals surface area contributed by atoms with E-state index in [-0.39, 0.29) is 11.8 Å². The fourth-order valence-corrected chi connectivity index (χ4v) is 2.66. The van der Waals surface area contributed by atoms with Crippen LogP contribution in [0.2, 0.25) is 0 Å². The first-order valence-electron chi connectivity index (χ1n) is 6.45. The highest BCUT2D eigenvalue weighted by atomic mass is 16.5. The zero-order valence-electron chi connectivity index (χ0n) is 12.1. The summed E-state index contributed by atoms with van der Waals surface area (Å²) < 4.78 is 7.18. The van der Waals surface area contributed by atoms with Crippen LogP contribution in [0.3, 0.4) is 0 Å². The van der Waals surface area contributed by atoms with Crippen LogP contribution < -0.4 is 0 Å². The molecule has 6 heteroatoms. The minimum atomic E-state index is 0.153. The third kappa shape index (κ3) is 2.96. The molecule has 19 heavy (non-hydrogen) atoms. The Morgan fingerprint density at radius 1 is 1.58 bits per heavy atom. The highest BCUT2D eigenvalue weighted by Gasteiger charge is 2.30. The van der Waals surface area contributed by atoms with E-state index >= 15 is 0 Å². The number of hydrogen-bond acceptors (Lipinski definition) is 4. The number of methoxy groups -OCH3 is 1. The zero-order chi connectivity index (χ0) is 14.0. The van der Waals surface area contributed by atoms with Crippen LogP contribution in [-0.4, -0.2) is 66.4 Å². The van der Waals surface area contributed by atoms with Gasteiger partial charge < -0.3 is 14.5 Å². The number of likely N-dealkylation sites (N-methyl/N-ethyl adjacent to an activating group) is 1. The Hall–Kier alpha value is -1.40. The number of carbonyl (C=O) groups is 1. The second-order valence-electron chi connectivity index (χ2n) is 5.34. The van der Waals surface area contributed by atoms with E-state index in [0.717, 1.165) is 5.56 Å². The maximum Gasteiger partial charge on any atom is 0.237 e. The lowest BCUT2D eigenvalue weighted by Gasteiger charge is -2.33. The fraction of sp³-hybridized carbons (Fsp3) is 0.692. The highest BCUT2D eigenvalue weighted by Crippen LogP contribution is 2.28. The molecule has 0 spiro atoms. The summed E-state index contributed by atoms with van der Waals surface area (Å²) in [6.07, 6.45) is 1.85. The predicted molar refractivity (Wildman–Crippen MR) is 71.8 cm³/mol. The smallest absolute Gasteiger partial charge is 0.237 e. The minimum Gasteiger partial charge on any atom is -0.384 e. The number of rotatable bonds is 4. The number of carbonyl (C=O) groups excluding carboxylic acids is 1. The molecular weight excluding hydrogens is 244 g/mol. The summed E-state index contributed by atoms with van der Waals surface area (Å²) in [5, 5.41) is 4.30. The lowest BCUT2D eigenvalue weighted by atomic mass is 9.97. The number of hydrogen-bond donors (Lipinski definition) is 0. The first kappa shape index (κ1) is 14.0. The summed E-state index contributed by atoms with van der Waals surface area (Å²) >= 11 is 0. The van der Waals surface area contributed by atoms with Crippen molar-refractivity contribution in [1.29, 1.82) is 0 Å². The molecular formula is C13H22N4O2. The molecule has 1 atom stereocenters. The van der Waals surface area contributed by atoms with E-state index in [9.17, 15) is 4.79 Å². The monoisotopic (exact) mass is 266 g/mol. The molecule has 0 unspecified atom stereocenters. The molecule has 0 N–H and O–H groups in total. The van der Waals surface area contributed by atoms with Crippen LogP contribution in [0.5, 0.6) is 0 Å². The maximum atomic E-state index is 12.2. The van der Waals surface area contributed by atoms with Gasteiger partial charge in [-0.25, -0.2) is 0 Å². The van der Waals surface area contributed by atoms with Gasteiger partial charge in [-0.2, -0.15) is 5.10 Å². The van der Waals surface area contributed by atoms with Crippen LogP contribution in [0.15, 0.2) is 6.20 Å². The molecule has 2 heterocycles. The topological polar surface area (TPSA) is 50.6 Å². The molecule has 1 amide bonds. The number of ether oxygens (including phenoxy) is 1. The number of nitrogens with zero attached hydrogens (tertiary/aromatic N) is 4. The van der Waals surface area contributed by atoms with E-state index in [0.29, 0.717) is 26.2 Å². The van der Waals surface area contributed by atoms with Crippen molar-refractivity contribution >= 4 is 5.91 Å². The molecule has 0 bridgehead atoms. The molecule has 106 valence electrons. The molecule has 0 aliphatic carbocycles. The number of aryl methyl sites for hydroxylation is 1. The zero-order valence-corrected chi connectivity index (χ0v) is 12.1. The van der Waals surface area contributed by atoms with Gasteiger partial charge in [-0.15, -0.1) is 0 Å². The van der Waals surface area contributed by atoms with Gasteiger partial charge in [0.15, 0.2) is 0 Å². The first-order chi connectivity index (χ1) is 9.02. The summed E-state index contributed by atoms with van der Waals surface area (Å²) in [4.78, 5) is 16.0. The number of aromatic nitrogens is 2. The number of amides is 1. The maximum absolute atomic E-state index is 12.2. The summed E-state index contributed by atoms with van der Waals surface area (Å²) in [5.74, 6) is 0.355. The van der Waals surface area contributed by atoms with E-state index in [1.54, 1.807) is 7.11 Å². The van der Waals surface area contributed by atoms with E-state index in [2.05, 4.69) is 5.10 Å². The Morgan fingerprint density at radius 3 is 2.95 bits per heavy atom. The lowest BCUT2D eigenvalue weighted by Crippen LogP contribution is -2.43. The molecule has 6 nitrogen and oxygen atoms in total. The van der Waals surface area contributed by atoms with Crippen molar-refractivity contribution in [3.8, 4) is 0 Å². The van der Waals surface area contributed by atoms with Crippen LogP contribution in [0.25, 0.3) is 0 Å². The minimum absolute atomic E-state index is 0.153. The van der Waals surface area contributed by atoms with Crippen LogP contribution in [0, 0.1) is 0 Å². The Bertz CT molecular complexity index is 455. The van der Waals surface area contributed by atoms with Crippen molar-refractivity contribution in [3.63, 3.8) is 0 Å². The highest BCUT2D eigenvalue weighted by molar-refractivity contribution is 5.78. The molecule has 1 aliphatic heterocycles. The third-order valence-electron chi connectivity index (χ3n) is 3.43.